The van der Waals surface area contributed by atoms with Gasteiger partial charge in [-0.25, -0.2) is 4.98 Å². The van der Waals surface area contributed by atoms with Gasteiger partial charge in [0.15, 0.2) is 0 Å². The molecule has 0 spiro atoms. The van der Waals surface area contributed by atoms with E-state index in [9.17, 15) is 4.79 Å². The predicted molar refractivity (Wildman–Crippen MR) is 99.1 cm³/mol. The first-order valence-corrected chi connectivity index (χ1v) is 8.94. The van der Waals surface area contributed by atoms with E-state index < -0.39 is 0 Å². The molecule has 0 bridgehead atoms. The summed E-state index contributed by atoms with van der Waals surface area (Å²) in [4.78, 5) is 20.5. The summed E-state index contributed by atoms with van der Waals surface area (Å²) in [6.07, 6.45) is 3.72. The maximum Gasteiger partial charge on any atom is 0.253 e. The molecule has 6 heteroatoms. The van der Waals surface area contributed by atoms with Gasteiger partial charge in [-0.3, -0.25) is 4.79 Å². The molecule has 24 heavy (non-hydrogen) atoms. The molecule has 1 aromatic carbocycles. The van der Waals surface area contributed by atoms with E-state index in [1.807, 2.05) is 37.4 Å². The Bertz CT molecular complexity index is 891. The molecule has 0 unspecified atom stereocenters. The quantitative estimate of drug-likeness (QED) is 0.670. The molecule has 0 aliphatic heterocycles. The number of hydrogen-bond donors (Lipinski definition) is 2. The maximum absolute atomic E-state index is 12.3. The Morgan fingerprint density at radius 1 is 1.25 bits per heavy atom. The van der Waals surface area contributed by atoms with Gasteiger partial charge in [0, 0.05) is 28.6 Å². The fourth-order valence-electron chi connectivity index (χ4n) is 2.40. The summed E-state index contributed by atoms with van der Waals surface area (Å²) in [7, 11) is 0. The molecule has 2 aromatic heterocycles. The number of pyridine rings is 2. The first-order valence-electron chi connectivity index (χ1n) is 7.72. The average Bonchev–Trinajstić information content (AvgIpc) is 2.61. The number of H-pyrrole nitrogens is 1. The normalized spacial score (nSPS) is 10.8. The van der Waals surface area contributed by atoms with Crippen molar-refractivity contribution >= 4 is 28.4 Å². The molecule has 3 rings (SSSR count). The molecule has 2 N–H and O–H groups in total. The molecular weight excluding hydrogens is 322 g/mol. The third-order valence-electron chi connectivity index (χ3n) is 3.64. The summed E-state index contributed by atoms with van der Waals surface area (Å²) in [6, 6.07) is 11.7. The zero-order chi connectivity index (χ0) is 16.9. The summed E-state index contributed by atoms with van der Waals surface area (Å²) >= 11 is 1.65. The number of rotatable bonds is 6. The van der Waals surface area contributed by atoms with Crippen LogP contribution in [0.5, 0.6) is 5.88 Å². The molecule has 0 saturated heterocycles. The Kier molecular flexibility index (Phi) is 5.05. The van der Waals surface area contributed by atoms with Crippen LogP contribution < -0.4 is 15.6 Å². The van der Waals surface area contributed by atoms with Crippen LogP contribution in [0.3, 0.4) is 0 Å². The van der Waals surface area contributed by atoms with Gasteiger partial charge >= 0.3 is 0 Å². The highest BCUT2D eigenvalue weighted by Crippen LogP contribution is 2.20. The lowest BCUT2D eigenvalue weighted by atomic mass is 10.1. The Morgan fingerprint density at radius 2 is 2.12 bits per heavy atom. The number of anilines is 1. The van der Waals surface area contributed by atoms with Crippen LogP contribution in [0.4, 0.5) is 5.69 Å². The van der Waals surface area contributed by atoms with Crippen LogP contribution >= 0.6 is 11.8 Å². The van der Waals surface area contributed by atoms with Crippen molar-refractivity contribution in [1.82, 2.24) is 9.97 Å². The Hall–Kier alpha value is -2.47. The van der Waals surface area contributed by atoms with E-state index in [-0.39, 0.29) is 5.56 Å². The van der Waals surface area contributed by atoms with Crippen molar-refractivity contribution < 1.29 is 4.74 Å². The van der Waals surface area contributed by atoms with Crippen molar-refractivity contribution in [1.29, 1.82) is 0 Å². The minimum atomic E-state index is -0.0767. The van der Waals surface area contributed by atoms with E-state index in [1.54, 1.807) is 24.0 Å². The fraction of sp³-hybridized carbons (Fsp3) is 0.222. The average molecular weight is 341 g/mol. The van der Waals surface area contributed by atoms with Crippen LogP contribution in [0.2, 0.25) is 0 Å². The summed E-state index contributed by atoms with van der Waals surface area (Å²) in [5.41, 5.74) is 2.31. The molecule has 0 amide bonds. The highest BCUT2D eigenvalue weighted by atomic mass is 32.2. The maximum atomic E-state index is 12.3. The second-order valence-corrected chi connectivity index (χ2v) is 6.13. The van der Waals surface area contributed by atoms with Gasteiger partial charge < -0.3 is 15.0 Å². The lowest BCUT2D eigenvalue weighted by Crippen LogP contribution is -2.15. The first kappa shape index (κ1) is 16.4. The molecule has 124 valence electrons. The minimum Gasteiger partial charge on any atom is -0.478 e. The third-order valence-corrected chi connectivity index (χ3v) is 4.37. The predicted octanol–water partition coefficient (Wildman–Crippen LogP) is 3.66. The van der Waals surface area contributed by atoms with Gasteiger partial charge in [-0.15, -0.1) is 11.8 Å². The number of aromatic nitrogens is 2. The monoisotopic (exact) mass is 341 g/mol. The third kappa shape index (κ3) is 3.71. The molecule has 3 aromatic rings. The van der Waals surface area contributed by atoms with E-state index >= 15 is 0 Å². The summed E-state index contributed by atoms with van der Waals surface area (Å²) in [6.45, 7) is 2.94. The van der Waals surface area contributed by atoms with Crippen LogP contribution in [0.15, 0.2) is 52.3 Å². The highest BCUT2D eigenvalue weighted by molar-refractivity contribution is 7.98. The molecule has 0 radical (unpaired) electrons. The van der Waals surface area contributed by atoms with Crippen molar-refractivity contribution in [3.05, 3.63) is 58.5 Å². The van der Waals surface area contributed by atoms with Gasteiger partial charge in [0.25, 0.3) is 5.56 Å². The zero-order valence-corrected chi connectivity index (χ0v) is 14.4. The lowest BCUT2D eigenvalue weighted by Gasteiger charge is -2.08. The van der Waals surface area contributed by atoms with Gasteiger partial charge in [0.2, 0.25) is 5.88 Å². The molecule has 0 fully saturated rings. The van der Waals surface area contributed by atoms with E-state index in [2.05, 4.69) is 21.4 Å². The summed E-state index contributed by atoms with van der Waals surface area (Å²) < 4.78 is 5.31. The molecule has 5 nitrogen and oxygen atoms in total. The molecule has 0 aliphatic carbocycles. The summed E-state index contributed by atoms with van der Waals surface area (Å²) in [5.74, 6) is 0.594. The largest absolute Gasteiger partial charge is 0.478 e. The number of nitrogens with zero attached hydrogens (tertiary/aromatic N) is 1. The minimum absolute atomic E-state index is 0.0767. The van der Waals surface area contributed by atoms with Crippen LogP contribution in [-0.4, -0.2) is 22.8 Å². The van der Waals surface area contributed by atoms with Gasteiger partial charge in [-0.2, -0.15) is 0 Å². The van der Waals surface area contributed by atoms with Gasteiger partial charge in [-0.1, -0.05) is 6.07 Å². The van der Waals surface area contributed by atoms with E-state index in [1.165, 1.54) is 0 Å². The van der Waals surface area contributed by atoms with Gasteiger partial charge in [0.1, 0.15) is 0 Å². The van der Waals surface area contributed by atoms with Crippen LogP contribution in [0.1, 0.15) is 12.5 Å². The second-order valence-electron chi connectivity index (χ2n) is 5.25. The lowest BCUT2D eigenvalue weighted by molar-refractivity contribution is 0.327. The Labute approximate surface area is 144 Å². The van der Waals surface area contributed by atoms with E-state index in [0.717, 1.165) is 21.5 Å². The number of aromatic amines is 1. The number of benzene rings is 1. The zero-order valence-electron chi connectivity index (χ0n) is 13.6. The SMILES string of the molecule is CCOc1ccc(NCc2cc3ccc(SC)cc3[nH]c2=O)cn1. The fourth-order valence-corrected chi connectivity index (χ4v) is 2.84. The van der Waals surface area contributed by atoms with E-state index in [0.29, 0.717) is 24.6 Å². The topological polar surface area (TPSA) is 67.0 Å². The van der Waals surface area contributed by atoms with Crippen LogP contribution in [0, 0.1) is 0 Å². The number of thioether (sulfide) groups is 1. The van der Waals surface area contributed by atoms with Crippen molar-refractivity contribution in [3.8, 4) is 5.88 Å². The molecule has 0 atom stereocenters. The van der Waals surface area contributed by atoms with Crippen LogP contribution in [0.25, 0.3) is 10.9 Å². The number of nitrogens with one attached hydrogen (secondary N) is 2. The van der Waals surface area contributed by atoms with E-state index in [4.69, 9.17) is 4.74 Å². The van der Waals surface area contributed by atoms with Crippen molar-refractivity contribution in [2.24, 2.45) is 0 Å². The van der Waals surface area contributed by atoms with Gasteiger partial charge in [0.05, 0.1) is 18.5 Å². The number of hydrogen-bond acceptors (Lipinski definition) is 5. The molecule has 2 heterocycles. The number of ether oxygens (including phenoxy) is 1. The summed E-state index contributed by atoms with van der Waals surface area (Å²) in [5, 5.41) is 4.24. The highest BCUT2D eigenvalue weighted by Gasteiger charge is 2.04. The number of fused-ring (bicyclic) bond motifs is 1. The van der Waals surface area contributed by atoms with Crippen LogP contribution in [-0.2, 0) is 6.54 Å². The molecular formula is C18H19N3O2S. The smallest absolute Gasteiger partial charge is 0.253 e. The van der Waals surface area contributed by atoms with Gasteiger partial charge in [-0.05, 0) is 42.8 Å². The Balaban J connectivity index is 1.77. The molecule has 0 saturated carbocycles. The second kappa shape index (κ2) is 7.40. The standard InChI is InChI=1S/C18H19N3O2S/c1-3-23-17-7-5-14(11-20-17)19-10-13-8-12-4-6-15(24-2)9-16(12)21-18(13)22/h4-9,11,19H,3,10H2,1-2H3,(H,21,22). The molecule has 0 aliphatic rings. The first-order chi connectivity index (χ1) is 11.7. The van der Waals surface area contributed by atoms with Crippen molar-refractivity contribution in [2.75, 3.05) is 18.2 Å². The Morgan fingerprint density at radius 3 is 2.83 bits per heavy atom. The van der Waals surface area contributed by atoms with Crippen molar-refractivity contribution in [3.63, 3.8) is 0 Å². The van der Waals surface area contributed by atoms with Crippen molar-refractivity contribution in [2.45, 2.75) is 18.4 Å².